The molecule has 0 saturated carbocycles. The molecule has 0 unspecified atom stereocenters. The van der Waals surface area contributed by atoms with Crippen LogP contribution in [0.25, 0.3) is 0 Å². The highest BCUT2D eigenvalue weighted by atomic mass is 79.9. The molecule has 2 aromatic rings. The summed E-state index contributed by atoms with van der Waals surface area (Å²) in [7, 11) is 0. The minimum Gasteiger partial charge on any atom is -0.249 e. The van der Waals surface area contributed by atoms with Crippen molar-refractivity contribution in [3.63, 3.8) is 0 Å². The van der Waals surface area contributed by atoms with Crippen molar-refractivity contribution in [3.05, 3.63) is 43.6 Å². The van der Waals surface area contributed by atoms with Gasteiger partial charge in [0, 0.05) is 16.4 Å². The van der Waals surface area contributed by atoms with E-state index in [9.17, 15) is 0 Å². The number of hydrogen-bond donors (Lipinski definition) is 0. The monoisotopic (exact) mass is 363 g/mol. The molecule has 0 N–H and O–H groups in total. The Morgan fingerprint density at radius 1 is 1.27 bits per heavy atom. The van der Waals surface area contributed by atoms with Crippen molar-refractivity contribution in [3.8, 4) is 0 Å². The molecule has 0 radical (unpaired) electrons. The summed E-state index contributed by atoms with van der Waals surface area (Å²) in [5.41, 5.74) is 1.33. The quantitative estimate of drug-likeness (QED) is 0.714. The van der Waals surface area contributed by atoms with Crippen LogP contribution in [0.15, 0.2) is 43.1 Å². The average molecular weight is 365 g/mol. The van der Waals surface area contributed by atoms with E-state index in [1.165, 1.54) is 9.35 Å². The highest BCUT2D eigenvalue weighted by Gasteiger charge is 2.02. The van der Waals surface area contributed by atoms with Crippen LogP contribution in [-0.2, 0) is 5.75 Å². The maximum absolute atomic E-state index is 4.31. The molecular weight excluding hydrogens is 358 g/mol. The minimum absolute atomic E-state index is 0.957. The zero-order chi connectivity index (χ0) is 10.7. The highest BCUT2D eigenvalue weighted by molar-refractivity contribution is 9.11. The van der Waals surface area contributed by atoms with E-state index in [1.807, 2.05) is 18.3 Å². The van der Waals surface area contributed by atoms with Gasteiger partial charge in [-0.25, -0.2) is 4.98 Å². The predicted molar refractivity (Wildman–Crippen MR) is 73.5 cm³/mol. The van der Waals surface area contributed by atoms with Crippen molar-refractivity contribution in [2.75, 3.05) is 0 Å². The molecule has 15 heavy (non-hydrogen) atoms. The van der Waals surface area contributed by atoms with Gasteiger partial charge >= 0.3 is 0 Å². The van der Waals surface area contributed by atoms with Gasteiger partial charge in [-0.15, -0.1) is 23.1 Å². The van der Waals surface area contributed by atoms with Gasteiger partial charge in [-0.1, -0.05) is 0 Å². The van der Waals surface area contributed by atoms with Crippen molar-refractivity contribution >= 4 is 55.0 Å². The lowest BCUT2D eigenvalue weighted by Gasteiger charge is -1.99. The normalized spacial score (nSPS) is 10.5. The third-order valence-electron chi connectivity index (χ3n) is 1.77. The number of thioether (sulfide) groups is 1. The number of rotatable bonds is 3. The van der Waals surface area contributed by atoms with Crippen LogP contribution in [0, 0.1) is 0 Å². The second-order valence-corrected chi connectivity index (χ2v) is 6.97. The second kappa shape index (κ2) is 5.48. The minimum atomic E-state index is 0.957. The molecule has 0 spiro atoms. The zero-order valence-electron chi connectivity index (χ0n) is 7.61. The third kappa shape index (κ3) is 3.31. The summed E-state index contributed by atoms with van der Waals surface area (Å²) in [5.74, 6) is 0.957. The van der Waals surface area contributed by atoms with Crippen LogP contribution < -0.4 is 0 Å². The number of nitrogens with zero attached hydrogens (tertiary/aromatic N) is 1. The molecule has 0 atom stereocenters. The van der Waals surface area contributed by atoms with E-state index < -0.39 is 0 Å². The Labute approximate surface area is 114 Å². The average Bonchev–Trinajstić information content (AvgIpc) is 2.63. The molecule has 0 aliphatic heterocycles. The van der Waals surface area contributed by atoms with E-state index in [4.69, 9.17) is 0 Å². The van der Waals surface area contributed by atoms with Crippen LogP contribution in [0.5, 0.6) is 0 Å². The summed E-state index contributed by atoms with van der Waals surface area (Å²) in [5, 5.41) is 3.14. The summed E-state index contributed by atoms with van der Waals surface area (Å²) < 4.78 is 2.23. The molecule has 0 saturated heterocycles. The third-order valence-corrected chi connectivity index (χ3v) is 5.04. The van der Waals surface area contributed by atoms with E-state index in [0.717, 1.165) is 15.3 Å². The Hall–Kier alpha value is 0.160. The Bertz CT molecular complexity index is 439. The number of hydrogen-bond acceptors (Lipinski definition) is 3. The highest BCUT2D eigenvalue weighted by Crippen LogP contribution is 2.29. The van der Waals surface area contributed by atoms with E-state index >= 15 is 0 Å². The van der Waals surface area contributed by atoms with Gasteiger partial charge in [0.1, 0.15) is 0 Å². The summed E-state index contributed by atoms with van der Waals surface area (Å²) >= 11 is 10.4. The molecule has 0 amide bonds. The Morgan fingerprint density at radius 2 is 2.13 bits per heavy atom. The predicted octanol–water partition coefficient (Wildman–Crippen LogP) is 4.96. The first-order valence-corrected chi connectivity index (χ1v) is 7.67. The molecule has 2 aromatic heterocycles. The van der Waals surface area contributed by atoms with Crippen LogP contribution in [0.4, 0.5) is 0 Å². The van der Waals surface area contributed by atoms with Gasteiger partial charge in [0.05, 0.1) is 8.81 Å². The van der Waals surface area contributed by atoms with Gasteiger partial charge in [0.2, 0.25) is 0 Å². The SMILES string of the molecule is Brc1ccc(SCc2ccsc2Br)nc1. The second-order valence-electron chi connectivity index (χ2n) is 2.82. The number of thiophene rings is 1. The number of pyridine rings is 1. The first-order valence-electron chi connectivity index (χ1n) is 4.22. The van der Waals surface area contributed by atoms with Crippen molar-refractivity contribution < 1.29 is 0 Å². The van der Waals surface area contributed by atoms with E-state index in [2.05, 4.69) is 48.3 Å². The Morgan fingerprint density at radius 3 is 2.73 bits per heavy atom. The summed E-state index contributed by atoms with van der Waals surface area (Å²) in [6, 6.07) is 6.17. The van der Waals surface area contributed by atoms with Crippen LogP contribution in [0.3, 0.4) is 0 Å². The summed E-state index contributed by atoms with van der Waals surface area (Å²) in [4.78, 5) is 4.31. The van der Waals surface area contributed by atoms with Gasteiger partial charge in [0.15, 0.2) is 0 Å². The van der Waals surface area contributed by atoms with Crippen molar-refractivity contribution in [1.82, 2.24) is 4.98 Å². The molecule has 0 aliphatic carbocycles. The molecule has 0 aliphatic rings. The number of aromatic nitrogens is 1. The lowest BCUT2D eigenvalue weighted by molar-refractivity contribution is 1.12. The van der Waals surface area contributed by atoms with Gasteiger partial charge < -0.3 is 0 Å². The molecule has 0 fully saturated rings. The molecule has 78 valence electrons. The fourth-order valence-electron chi connectivity index (χ4n) is 1.02. The molecule has 5 heteroatoms. The first-order chi connectivity index (χ1) is 7.25. The maximum Gasteiger partial charge on any atom is 0.0963 e. The molecule has 2 heterocycles. The van der Waals surface area contributed by atoms with Crippen molar-refractivity contribution in [2.45, 2.75) is 10.8 Å². The van der Waals surface area contributed by atoms with Crippen molar-refractivity contribution in [2.24, 2.45) is 0 Å². The molecule has 0 bridgehead atoms. The Kier molecular flexibility index (Phi) is 4.25. The van der Waals surface area contributed by atoms with Gasteiger partial charge in [-0.2, -0.15) is 0 Å². The van der Waals surface area contributed by atoms with E-state index in [1.54, 1.807) is 23.1 Å². The van der Waals surface area contributed by atoms with Crippen molar-refractivity contribution in [1.29, 1.82) is 0 Å². The molecular formula is C10H7Br2NS2. The topological polar surface area (TPSA) is 12.9 Å². The lowest BCUT2D eigenvalue weighted by Crippen LogP contribution is -1.81. The first kappa shape index (κ1) is 11.6. The lowest BCUT2D eigenvalue weighted by atomic mass is 10.4. The molecule has 2 rings (SSSR count). The van der Waals surface area contributed by atoms with Crippen LogP contribution in [0.2, 0.25) is 0 Å². The van der Waals surface area contributed by atoms with Gasteiger partial charge in [-0.05, 0) is 61.0 Å². The van der Waals surface area contributed by atoms with E-state index in [-0.39, 0.29) is 0 Å². The van der Waals surface area contributed by atoms with Crippen LogP contribution in [0.1, 0.15) is 5.56 Å². The molecule has 0 aromatic carbocycles. The smallest absolute Gasteiger partial charge is 0.0963 e. The fraction of sp³-hybridized carbons (Fsp3) is 0.100. The maximum atomic E-state index is 4.31. The zero-order valence-corrected chi connectivity index (χ0v) is 12.4. The van der Waals surface area contributed by atoms with Crippen LogP contribution >= 0.6 is 55.0 Å². The summed E-state index contributed by atoms with van der Waals surface area (Å²) in [6.45, 7) is 0. The summed E-state index contributed by atoms with van der Waals surface area (Å²) in [6.07, 6.45) is 1.82. The number of halogens is 2. The fourth-order valence-corrected chi connectivity index (χ4v) is 3.61. The molecule has 1 nitrogen and oxygen atoms in total. The largest absolute Gasteiger partial charge is 0.249 e. The van der Waals surface area contributed by atoms with Gasteiger partial charge in [-0.3, -0.25) is 0 Å². The van der Waals surface area contributed by atoms with Gasteiger partial charge in [0.25, 0.3) is 0 Å². The van der Waals surface area contributed by atoms with E-state index in [0.29, 0.717) is 0 Å². The Balaban J connectivity index is 1.99. The standard InChI is InChI=1S/C10H7Br2NS2/c11-8-1-2-9(13-5-8)15-6-7-3-4-14-10(7)12/h1-5H,6H2. The van der Waals surface area contributed by atoms with Crippen LogP contribution in [-0.4, -0.2) is 4.98 Å².